The Bertz CT molecular complexity index is 1440. The molecule has 3 heterocycles. The molecule has 1 atom stereocenters. The lowest BCUT2D eigenvalue weighted by molar-refractivity contribution is -0.121. The molecule has 0 aliphatic carbocycles. The number of nitrogens with one attached hydrogen (secondary N) is 2. The molecule has 3 aromatic rings. The number of amides is 2. The van der Waals surface area contributed by atoms with Crippen LogP contribution in [0.15, 0.2) is 53.6 Å². The minimum atomic E-state index is -3.86. The van der Waals surface area contributed by atoms with E-state index in [1.807, 2.05) is 0 Å². The number of carbonyl (C=O) groups is 2. The van der Waals surface area contributed by atoms with Crippen molar-refractivity contribution in [2.45, 2.75) is 30.2 Å². The van der Waals surface area contributed by atoms with Crippen LogP contribution in [0.4, 0.5) is 17.3 Å². The Morgan fingerprint density at radius 1 is 1.20 bits per heavy atom. The van der Waals surface area contributed by atoms with Gasteiger partial charge in [-0.25, -0.2) is 18.4 Å². The van der Waals surface area contributed by atoms with E-state index in [0.29, 0.717) is 40.5 Å². The van der Waals surface area contributed by atoms with Crippen LogP contribution in [0.5, 0.6) is 0 Å². The van der Waals surface area contributed by atoms with Crippen molar-refractivity contribution in [1.82, 2.24) is 14.3 Å². The van der Waals surface area contributed by atoms with Gasteiger partial charge in [-0.1, -0.05) is 11.6 Å². The van der Waals surface area contributed by atoms with E-state index < -0.39 is 22.0 Å². The summed E-state index contributed by atoms with van der Waals surface area (Å²) in [7, 11) is -3.86. The number of aromatic nitrogens is 2. The molecule has 35 heavy (non-hydrogen) atoms. The summed E-state index contributed by atoms with van der Waals surface area (Å²) in [6, 6.07) is 10.4. The van der Waals surface area contributed by atoms with Crippen LogP contribution in [-0.2, 0) is 26.0 Å². The first kappa shape index (κ1) is 23.2. The minimum Gasteiger partial charge on any atom is -0.368 e. The molecule has 1 aromatic heterocycles. The van der Waals surface area contributed by atoms with Crippen molar-refractivity contribution in [3.8, 4) is 11.3 Å². The lowest BCUT2D eigenvalue weighted by Crippen LogP contribution is -2.43. The molecule has 5 rings (SSSR count). The normalized spacial score (nSPS) is 17.7. The number of hydrogen-bond donors (Lipinski definition) is 3. The molecule has 2 aliphatic rings. The zero-order chi connectivity index (χ0) is 24.7. The summed E-state index contributed by atoms with van der Waals surface area (Å²) < 4.78 is 27.2. The Morgan fingerprint density at radius 2 is 1.97 bits per heavy atom. The number of fused-ring (bicyclic) bond motifs is 3. The number of halogens is 1. The molecule has 0 bridgehead atoms. The van der Waals surface area contributed by atoms with Gasteiger partial charge in [0.2, 0.25) is 27.8 Å². The van der Waals surface area contributed by atoms with E-state index in [1.165, 1.54) is 12.1 Å². The lowest BCUT2D eigenvalue weighted by Gasteiger charge is -2.21. The zero-order valence-corrected chi connectivity index (χ0v) is 19.9. The number of sulfonamides is 1. The highest BCUT2D eigenvalue weighted by atomic mass is 35.5. The lowest BCUT2D eigenvalue weighted by atomic mass is 10.1. The van der Waals surface area contributed by atoms with Gasteiger partial charge in [-0.15, -0.1) is 0 Å². The van der Waals surface area contributed by atoms with Crippen LogP contribution >= 0.6 is 11.6 Å². The van der Waals surface area contributed by atoms with Crippen LogP contribution in [0, 0.1) is 0 Å². The molecule has 2 aromatic carbocycles. The maximum absolute atomic E-state index is 13.0. The van der Waals surface area contributed by atoms with Gasteiger partial charge in [-0.2, -0.15) is 4.31 Å². The minimum absolute atomic E-state index is 0.0643. The summed E-state index contributed by atoms with van der Waals surface area (Å²) in [4.78, 5) is 32.9. The van der Waals surface area contributed by atoms with E-state index in [9.17, 15) is 18.0 Å². The molecule has 0 spiro atoms. The number of nitrogens with two attached hydrogens (primary N) is 1. The van der Waals surface area contributed by atoms with Gasteiger partial charge < -0.3 is 16.4 Å². The molecular formula is C23H21ClN6O4S. The van der Waals surface area contributed by atoms with Crippen molar-refractivity contribution in [2.24, 2.45) is 5.73 Å². The van der Waals surface area contributed by atoms with Crippen molar-refractivity contribution in [1.29, 1.82) is 0 Å². The summed E-state index contributed by atoms with van der Waals surface area (Å²) in [5.74, 6) is -0.557. The van der Waals surface area contributed by atoms with Gasteiger partial charge in [0.15, 0.2) is 0 Å². The Kier molecular flexibility index (Phi) is 5.91. The van der Waals surface area contributed by atoms with E-state index in [2.05, 4.69) is 20.6 Å². The van der Waals surface area contributed by atoms with Gasteiger partial charge in [0.05, 0.1) is 22.7 Å². The fourth-order valence-corrected chi connectivity index (χ4v) is 6.15. The number of hydrogen-bond acceptors (Lipinski definition) is 7. The van der Waals surface area contributed by atoms with E-state index in [1.54, 1.807) is 36.5 Å². The molecule has 1 saturated heterocycles. The standard InChI is InChI=1S/C23H21ClN6O4S/c24-14-3-8-17-18(11-14)28-20(31)10-13-12-26-23(29-21(13)17)27-15-4-6-16(7-5-15)35(33,34)30-9-1-2-19(30)22(25)32/h3-8,11-12,19H,1-2,9-10H2,(H2,25,32)(H,28,31)(H,26,27,29). The van der Waals surface area contributed by atoms with E-state index >= 15 is 0 Å². The van der Waals surface area contributed by atoms with Crippen LogP contribution in [0.1, 0.15) is 18.4 Å². The molecule has 1 unspecified atom stereocenters. The number of benzene rings is 2. The summed E-state index contributed by atoms with van der Waals surface area (Å²) in [6.45, 7) is 0.253. The number of rotatable bonds is 5. The second-order valence-electron chi connectivity index (χ2n) is 8.31. The molecule has 2 aliphatic heterocycles. The maximum Gasteiger partial charge on any atom is 0.243 e. The quantitative estimate of drug-likeness (QED) is 0.476. The number of nitrogens with zero attached hydrogens (tertiary/aromatic N) is 3. The van der Waals surface area contributed by atoms with Crippen molar-refractivity contribution < 1.29 is 18.0 Å². The molecular weight excluding hydrogens is 492 g/mol. The monoisotopic (exact) mass is 512 g/mol. The third-order valence-corrected chi connectivity index (χ3v) is 8.13. The molecule has 4 N–H and O–H groups in total. The highest BCUT2D eigenvalue weighted by Gasteiger charge is 2.38. The Hall–Kier alpha value is -3.54. The summed E-state index contributed by atoms with van der Waals surface area (Å²) in [5.41, 5.74) is 8.50. The van der Waals surface area contributed by atoms with E-state index in [0.717, 1.165) is 9.87 Å². The Labute approximate surface area is 206 Å². The first-order valence-corrected chi connectivity index (χ1v) is 12.7. The van der Waals surface area contributed by atoms with E-state index in [-0.39, 0.29) is 29.7 Å². The largest absolute Gasteiger partial charge is 0.368 e. The maximum atomic E-state index is 13.0. The van der Waals surface area contributed by atoms with Crippen LogP contribution in [0.2, 0.25) is 5.02 Å². The fourth-order valence-electron chi connectivity index (χ4n) is 4.31. The summed E-state index contributed by atoms with van der Waals surface area (Å²) in [5, 5.41) is 6.39. The van der Waals surface area contributed by atoms with Crippen LogP contribution in [0.3, 0.4) is 0 Å². The molecule has 180 valence electrons. The van der Waals surface area contributed by atoms with Crippen LogP contribution < -0.4 is 16.4 Å². The first-order chi connectivity index (χ1) is 16.7. The van der Waals surface area contributed by atoms with Gasteiger partial charge >= 0.3 is 0 Å². The predicted molar refractivity (Wildman–Crippen MR) is 131 cm³/mol. The van der Waals surface area contributed by atoms with Crippen molar-refractivity contribution in [3.05, 3.63) is 59.2 Å². The van der Waals surface area contributed by atoms with Gasteiger partial charge in [-0.05, 0) is 55.3 Å². The van der Waals surface area contributed by atoms with E-state index in [4.69, 9.17) is 17.3 Å². The van der Waals surface area contributed by atoms with Crippen molar-refractivity contribution in [2.75, 3.05) is 17.2 Å². The average Bonchev–Trinajstić information content (AvgIpc) is 3.28. The first-order valence-electron chi connectivity index (χ1n) is 10.9. The number of carbonyl (C=O) groups excluding carboxylic acids is 2. The number of anilines is 3. The molecule has 2 amide bonds. The Balaban J connectivity index is 1.41. The third kappa shape index (κ3) is 4.45. The zero-order valence-electron chi connectivity index (χ0n) is 18.4. The van der Waals surface area contributed by atoms with Gasteiger partial charge in [0.1, 0.15) is 6.04 Å². The smallest absolute Gasteiger partial charge is 0.243 e. The van der Waals surface area contributed by atoms with Gasteiger partial charge in [0, 0.05) is 34.6 Å². The molecule has 0 radical (unpaired) electrons. The van der Waals surface area contributed by atoms with Crippen LogP contribution in [0.25, 0.3) is 11.3 Å². The fraction of sp³-hybridized carbons (Fsp3) is 0.217. The molecule has 10 nitrogen and oxygen atoms in total. The second-order valence-corrected chi connectivity index (χ2v) is 10.6. The molecule has 12 heteroatoms. The highest BCUT2D eigenvalue weighted by Crippen LogP contribution is 2.35. The Morgan fingerprint density at radius 3 is 2.71 bits per heavy atom. The second kappa shape index (κ2) is 8.91. The molecule has 1 fully saturated rings. The SMILES string of the molecule is NC(=O)C1CCCN1S(=O)(=O)c1ccc(Nc2ncc3c(n2)-c2ccc(Cl)cc2NC(=O)C3)cc1. The molecule has 0 saturated carbocycles. The van der Waals surface area contributed by atoms with Crippen molar-refractivity contribution >= 4 is 50.8 Å². The highest BCUT2D eigenvalue weighted by molar-refractivity contribution is 7.89. The predicted octanol–water partition coefficient (Wildman–Crippen LogP) is 2.67. The third-order valence-electron chi connectivity index (χ3n) is 5.98. The van der Waals surface area contributed by atoms with Gasteiger partial charge in [-0.3, -0.25) is 9.59 Å². The topological polar surface area (TPSA) is 147 Å². The van der Waals surface area contributed by atoms with Gasteiger partial charge in [0.25, 0.3) is 0 Å². The average molecular weight is 513 g/mol. The van der Waals surface area contributed by atoms with Crippen molar-refractivity contribution in [3.63, 3.8) is 0 Å². The summed E-state index contributed by atoms with van der Waals surface area (Å²) >= 11 is 6.09. The van der Waals surface area contributed by atoms with Crippen LogP contribution in [-0.4, -0.2) is 47.1 Å². The summed E-state index contributed by atoms with van der Waals surface area (Å²) in [6.07, 6.45) is 2.71. The number of primary amides is 1.